The first-order valence-corrected chi connectivity index (χ1v) is 13.5. The molecule has 196 valence electrons. The number of anilines is 1. The van der Waals surface area contributed by atoms with Gasteiger partial charge in [0.05, 0.1) is 10.5 Å². The fourth-order valence-electron chi connectivity index (χ4n) is 9.11. The molecule has 1 N–H and O–H groups in total. The monoisotopic (exact) mass is 497 g/mol. The summed E-state index contributed by atoms with van der Waals surface area (Å²) in [4.78, 5) is 35.8. The van der Waals surface area contributed by atoms with Crippen LogP contribution in [0.1, 0.15) is 88.9 Å². The maximum Gasteiger partial charge on any atom is 0.338 e. The molecule has 1 aromatic carbocycles. The van der Waals surface area contributed by atoms with Crippen LogP contribution in [0.2, 0.25) is 0 Å². The Morgan fingerprint density at radius 1 is 1.00 bits per heavy atom. The first-order chi connectivity index (χ1) is 17.1. The Bertz CT molecular complexity index is 1070. The molecule has 36 heavy (non-hydrogen) atoms. The zero-order valence-corrected chi connectivity index (χ0v) is 21.5. The third kappa shape index (κ3) is 4.01. The van der Waals surface area contributed by atoms with E-state index in [0.29, 0.717) is 29.5 Å². The minimum atomic E-state index is -0.625. The third-order valence-corrected chi connectivity index (χ3v) is 10.9. The highest BCUT2D eigenvalue weighted by Gasteiger charge is 2.61. The number of nitro groups is 1. The molecule has 0 amide bonds. The van der Waals surface area contributed by atoms with E-state index in [4.69, 9.17) is 4.74 Å². The highest BCUT2D eigenvalue weighted by molar-refractivity contribution is 5.91. The van der Waals surface area contributed by atoms with E-state index in [0.717, 1.165) is 50.7 Å². The van der Waals surface area contributed by atoms with Crippen LogP contribution in [-0.4, -0.2) is 22.8 Å². The van der Waals surface area contributed by atoms with E-state index < -0.39 is 10.9 Å². The van der Waals surface area contributed by atoms with Crippen molar-refractivity contribution in [2.45, 2.75) is 84.7 Å². The van der Waals surface area contributed by atoms with Gasteiger partial charge in [0, 0.05) is 23.7 Å². The molecular weight excluding hydrogens is 460 g/mol. The van der Waals surface area contributed by atoms with Gasteiger partial charge in [-0.3, -0.25) is 14.9 Å². The first kappa shape index (κ1) is 25.2. The van der Waals surface area contributed by atoms with Crippen molar-refractivity contribution in [2.24, 2.45) is 40.4 Å². The molecule has 0 bridgehead atoms. The van der Waals surface area contributed by atoms with E-state index in [1.165, 1.54) is 25.3 Å². The van der Waals surface area contributed by atoms with Crippen LogP contribution in [-0.2, 0) is 9.53 Å². The summed E-state index contributed by atoms with van der Waals surface area (Å²) >= 11 is 0. The molecule has 8 heteroatoms. The molecular formula is C28H37N2O6-. The Morgan fingerprint density at radius 2 is 1.72 bits per heavy atom. The maximum atomic E-state index is 12.9. The fraction of sp³-hybridized carbons (Fsp3) is 0.714. The molecule has 0 saturated heterocycles. The molecule has 0 heterocycles. The third-order valence-electron chi connectivity index (χ3n) is 10.9. The van der Waals surface area contributed by atoms with Crippen molar-refractivity contribution < 1.29 is 19.2 Å². The van der Waals surface area contributed by atoms with Crippen molar-refractivity contribution in [1.29, 1.82) is 0 Å². The summed E-state index contributed by atoms with van der Waals surface area (Å²) in [6.07, 6.45) is 9.18. The van der Waals surface area contributed by atoms with Crippen LogP contribution in [0.4, 0.5) is 11.4 Å². The van der Waals surface area contributed by atoms with E-state index >= 15 is 0 Å². The van der Waals surface area contributed by atoms with Crippen LogP contribution in [0.25, 0.3) is 0 Å². The summed E-state index contributed by atoms with van der Waals surface area (Å²) in [5, 5.41) is 22.3. The summed E-state index contributed by atoms with van der Waals surface area (Å²) in [6.45, 7) is 6.59. The van der Waals surface area contributed by atoms with Crippen LogP contribution >= 0.6 is 0 Å². The number of esters is 1. The number of nitrogens with zero attached hydrogens (tertiary/aromatic N) is 1. The Balaban J connectivity index is 1.28. The summed E-state index contributed by atoms with van der Waals surface area (Å²) in [5.74, 6) is 2.40. The van der Waals surface area contributed by atoms with Crippen molar-refractivity contribution in [3.8, 4) is 0 Å². The number of fused-ring (bicyclic) bond motifs is 5. The van der Waals surface area contributed by atoms with Gasteiger partial charge in [-0.1, -0.05) is 13.8 Å². The van der Waals surface area contributed by atoms with E-state index in [1.807, 2.05) is 0 Å². The van der Waals surface area contributed by atoms with Gasteiger partial charge in [0.25, 0.3) is 5.69 Å². The number of rotatable bonds is 5. The average molecular weight is 498 g/mol. The number of ether oxygens (including phenoxy) is 1. The normalized spacial score (nSPS) is 39.3. The molecule has 5 rings (SSSR count). The van der Waals surface area contributed by atoms with Gasteiger partial charge in [-0.2, -0.15) is 0 Å². The number of hydrogen-bond donors (Lipinski definition) is 1. The molecule has 0 spiro atoms. The number of benzene rings is 1. The molecule has 4 saturated carbocycles. The van der Waals surface area contributed by atoms with Crippen LogP contribution in [0.3, 0.4) is 0 Å². The number of hydrogen-bond acceptors (Lipinski definition) is 7. The smallest absolute Gasteiger partial charge is 0.338 e. The lowest BCUT2D eigenvalue weighted by atomic mass is 9.44. The first-order valence-electron chi connectivity index (χ1n) is 13.5. The minimum absolute atomic E-state index is 0.0208. The molecule has 8 nitrogen and oxygen atoms in total. The molecule has 3 unspecified atom stereocenters. The van der Waals surface area contributed by atoms with Crippen molar-refractivity contribution in [3.05, 3.63) is 39.1 Å². The zero-order chi connectivity index (χ0) is 25.8. The fourth-order valence-corrected chi connectivity index (χ4v) is 9.11. The van der Waals surface area contributed by atoms with Crippen LogP contribution in [0, 0.1) is 55.7 Å². The van der Waals surface area contributed by atoms with Gasteiger partial charge in [0.2, 0.25) is 0 Å². The summed E-state index contributed by atoms with van der Waals surface area (Å²) in [6, 6.07) is 3.57. The molecule has 0 radical (unpaired) electrons. The highest BCUT2D eigenvalue weighted by atomic mass is 16.6. The van der Waals surface area contributed by atoms with E-state index in [1.54, 1.807) is 12.4 Å². The maximum absolute atomic E-state index is 12.9. The van der Waals surface area contributed by atoms with Gasteiger partial charge >= 0.3 is 5.97 Å². The second-order valence-electron chi connectivity index (χ2n) is 12.4. The van der Waals surface area contributed by atoms with E-state index in [9.17, 15) is 24.9 Å². The van der Waals surface area contributed by atoms with Crippen LogP contribution < -0.4 is 5.48 Å². The molecule has 4 fully saturated rings. The molecule has 4 aliphatic carbocycles. The lowest BCUT2D eigenvalue weighted by Crippen LogP contribution is -2.54. The number of non-ortho nitro benzene ring substituents is 1. The highest BCUT2D eigenvalue weighted by Crippen LogP contribution is 2.67. The lowest BCUT2D eigenvalue weighted by molar-refractivity contribution is -0.384. The standard InChI is InChI=1S/C28H37N2O6/c1-16(31)23-6-7-24-22-5-4-18-14-21(8-10-27(18,2)25(22)9-11-28(23,24)3)36-26(32)17-12-19(29-33)15-20(13-17)30(34)35/h12-13,15,18,21-25,29H,4-11,14H2,1-3H3/q-1/t18-,21+,22?,23+,24?,25?,27-,28+/m0/s1. The quantitative estimate of drug-likeness (QED) is 0.289. The number of nitrogens with one attached hydrogen (secondary N) is 1. The van der Waals surface area contributed by atoms with E-state index in [-0.39, 0.29) is 39.8 Å². The zero-order valence-electron chi connectivity index (χ0n) is 21.5. The molecule has 1 aromatic rings. The second kappa shape index (κ2) is 9.12. The van der Waals surface area contributed by atoms with Gasteiger partial charge in [-0.25, -0.2) is 4.79 Å². The van der Waals surface area contributed by atoms with Crippen molar-refractivity contribution in [1.82, 2.24) is 0 Å². The number of nitro benzene ring substituents is 1. The number of carbonyl (C=O) groups is 2. The van der Waals surface area contributed by atoms with Crippen molar-refractivity contribution in [2.75, 3.05) is 5.48 Å². The number of carbonyl (C=O) groups excluding carboxylic acids is 2. The van der Waals surface area contributed by atoms with Gasteiger partial charge < -0.3 is 15.4 Å². The van der Waals surface area contributed by atoms with Gasteiger partial charge in [0.15, 0.2) is 0 Å². The van der Waals surface area contributed by atoms with Crippen molar-refractivity contribution >= 4 is 23.1 Å². The molecule has 0 aliphatic heterocycles. The van der Waals surface area contributed by atoms with Crippen LogP contribution in [0.15, 0.2) is 18.2 Å². The Morgan fingerprint density at radius 3 is 2.42 bits per heavy atom. The van der Waals surface area contributed by atoms with Gasteiger partial charge in [-0.15, -0.1) is 0 Å². The van der Waals surface area contributed by atoms with E-state index in [2.05, 4.69) is 13.8 Å². The second-order valence-corrected chi connectivity index (χ2v) is 12.4. The minimum Gasteiger partial charge on any atom is -0.761 e. The summed E-state index contributed by atoms with van der Waals surface area (Å²) in [5.41, 5.74) is 1.67. The van der Waals surface area contributed by atoms with Gasteiger partial charge in [0.1, 0.15) is 11.9 Å². The Kier molecular flexibility index (Phi) is 6.38. The largest absolute Gasteiger partial charge is 0.761 e. The number of Topliss-reactive ketones (excluding diaryl/α,β-unsaturated/α-hetero) is 1. The van der Waals surface area contributed by atoms with Gasteiger partial charge in [-0.05, 0) is 105 Å². The predicted molar refractivity (Wildman–Crippen MR) is 135 cm³/mol. The SMILES string of the molecule is CC(=O)[C@H]1CCC2C3CC[C@H]4C[C@H](OC(=O)c5cc(N[O-])cc([N+](=O)[O-])c5)CC[C@]4(C)C3CC[C@@]21C. The summed E-state index contributed by atoms with van der Waals surface area (Å²) < 4.78 is 5.84. The predicted octanol–water partition coefficient (Wildman–Crippen LogP) is 6.28. The van der Waals surface area contributed by atoms with Crippen molar-refractivity contribution in [3.63, 3.8) is 0 Å². The number of ketones is 1. The Labute approximate surface area is 212 Å². The molecule has 4 aliphatic rings. The Hall–Kier alpha value is -2.48. The molecule has 0 aromatic heterocycles. The lowest BCUT2D eigenvalue weighted by Gasteiger charge is -2.61. The average Bonchev–Trinajstić information content (AvgIpc) is 3.21. The topological polar surface area (TPSA) is 122 Å². The summed E-state index contributed by atoms with van der Waals surface area (Å²) in [7, 11) is 0. The molecule has 8 atom stereocenters. The van der Waals surface area contributed by atoms with Crippen LogP contribution in [0.5, 0.6) is 0 Å².